The summed E-state index contributed by atoms with van der Waals surface area (Å²) in [7, 11) is 0. The third-order valence-electron chi connectivity index (χ3n) is 0.664. The van der Waals surface area contributed by atoms with Crippen LogP contribution in [0.15, 0.2) is 12.2 Å². The number of halogens is 1. The first-order valence-corrected chi connectivity index (χ1v) is 2.39. The summed E-state index contributed by atoms with van der Waals surface area (Å²) in [5.74, 6) is -1.11. The maximum absolute atomic E-state index is 11.5. The molecule has 0 saturated heterocycles. The second-order valence-electron chi connectivity index (χ2n) is 1.52. The number of alkyl halides is 1. The van der Waals surface area contributed by atoms with Gasteiger partial charge < -0.3 is 10.8 Å². The Kier molecular flexibility index (Phi) is 3.62. The fourth-order valence-corrected chi connectivity index (χ4v) is 0.257. The minimum atomic E-state index is -1.11. The van der Waals surface area contributed by atoms with Crippen molar-refractivity contribution in [2.24, 2.45) is 5.73 Å². The third kappa shape index (κ3) is 4.96. The van der Waals surface area contributed by atoms with Crippen molar-refractivity contribution in [3.63, 3.8) is 0 Å². The van der Waals surface area contributed by atoms with Crippen LogP contribution in [0.1, 0.15) is 0 Å². The quantitative estimate of drug-likeness (QED) is 0.529. The SMILES string of the molecule is N[C@@H](/C=C/C(=O)O)CF. The molecular formula is C5H8FNO2. The van der Waals surface area contributed by atoms with Crippen LogP contribution in [0.5, 0.6) is 0 Å². The summed E-state index contributed by atoms with van der Waals surface area (Å²) < 4.78 is 11.5. The van der Waals surface area contributed by atoms with Gasteiger partial charge in [-0.2, -0.15) is 0 Å². The Bertz CT molecular complexity index is 124. The Hall–Kier alpha value is -0.900. The van der Waals surface area contributed by atoms with Crippen LogP contribution in [0, 0.1) is 0 Å². The second-order valence-corrected chi connectivity index (χ2v) is 1.52. The summed E-state index contributed by atoms with van der Waals surface area (Å²) in [5.41, 5.74) is 5.00. The molecule has 3 N–H and O–H groups in total. The maximum Gasteiger partial charge on any atom is 0.328 e. The number of rotatable bonds is 3. The lowest BCUT2D eigenvalue weighted by Crippen LogP contribution is -2.19. The van der Waals surface area contributed by atoms with Crippen molar-refractivity contribution in [3.05, 3.63) is 12.2 Å². The van der Waals surface area contributed by atoms with Crippen LogP contribution >= 0.6 is 0 Å². The van der Waals surface area contributed by atoms with Crippen LogP contribution in [0.25, 0.3) is 0 Å². The highest BCUT2D eigenvalue weighted by Crippen LogP contribution is 1.82. The van der Waals surface area contributed by atoms with Gasteiger partial charge in [0.2, 0.25) is 0 Å². The molecule has 0 unspecified atom stereocenters. The first kappa shape index (κ1) is 8.10. The summed E-state index contributed by atoms with van der Waals surface area (Å²) in [6.45, 7) is -0.732. The minimum Gasteiger partial charge on any atom is -0.478 e. The summed E-state index contributed by atoms with van der Waals surface area (Å²) in [6, 6.07) is -0.791. The smallest absolute Gasteiger partial charge is 0.328 e. The van der Waals surface area contributed by atoms with Gasteiger partial charge in [0, 0.05) is 6.08 Å². The predicted octanol–water partition coefficient (Wildman–Crippen LogP) is -0.0760. The van der Waals surface area contributed by atoms with Gasteiger partial charge in [-0.3, -0.25) is 0 Å². The van der Waals surface area contributed by atoms with E-state index in [1.807, 2.05) is 0 Å². The minimum absolute atomic E-state index is 0.732. The predicted molar refractivity (Wildman–Crippen MR) is 30.7 cm³/mol. The van der Waals surface area contributed by atoms with Crippen LogP contribution in [0.2, 0.25) is 0 Å². The van der Waals surface area contributed by atoms with Gasteiger partial charge in [0.15, 0.2) is 0 Å². The number of carboxylic acids is 1. The molecule has 0 aromatic rings. The lowest BCUT2D eigenvalue weighted by molar-refractivity contribution is -0.131. The average molecular weight is 133 g/mol. The molecule has 0 aromatic carbocycles. The standard InChI is InChI=1S/C5H8FNO2/c6-3-4(7)1-2-5(8)9/h1-2,4H,3,7H2,(H,8,9)/b2-1+/t4-/m0/s1. The summed E-state index contributed by atoms with van der Waals surface area (Å²) >= 11 is 0. The number of hydrogen-bond donors (Lipinski definition) is 2. The van der Waals surface area contributed by atoms with Crippen LogP contribution < -0.4 is 5.73 Å². The average Bonchev–Trinajstić information content (AvgIpc) is 1.83. The summed E-state index contributed by atoms with van der Waals surface area (Å²) in [5, 5.41) is 7.99. The third-order valence-corrected chi connectivity index (χ3v) is 0.664. The summed E-state index contributed by atoms with van der Waals surface area (Å²) in [6.07, 6.45) is 1.92. The van der Waals surface area contributed by atoms with Gasteiger partial charge in [-0.25, -0.2) is 9.18 Å². The van der Waals surface area contributed by atoms with Crippen LogP contribution in [-0.2, 0) is 4.79 Å². The van der Waals surface area contributed by atoms with E-state index >= 15 is 0 Å². The van der Waals surface area contributed by atoms with Gasteiger partial charge in [0.05, 0.1) is 6.04 Å². The van der Waals surface area contributed by atoms with E-state index < -0.39 is 18.7 Å². The molecule has 0 fully saturated rings. The van der Waals surface area contributed by atoms with Gasteiger partial charge in [0.25, 0.3) is 0 Å². The molecule has 0 spiro atoms. The fraction of sp³-hybridized carbons (Fsp3) is 0.400. The zero-order valence-corrected chi connectivity index (χ0v) is 4.75. The Labute approximate surface area is 52.0 Å². The van der Waals surface area contributed by atoms with E-state index in [1.165, 1.54) is 0 Å². The molecule has 0 aliphatic heterocycles. The van der Waals surface area contributed by atoms with E-state index in [0.29, 0.717) is 0 Å². The number of nitrogens with two attached hydrogens (primary N) is 1. The fourth-order valence-electron chi connectivity index (χ4n) is 0.257. The lowest BCUT2D eigenvalue weighted by Gasteiger charge is -1.94. The highest BCUT2D eigenvalue weighted by Gasteiger charge is 1.94. The van der Waals surface area contributed by atoms with Gasteiger partial charge in [-0.05, 0) is 0 Å². The van der Waals surface area contributed by atoms with E-state index in [0.717, 1.165) is 12.2 Å². The van der Waals surface area contributed by atoms with E-state index in [2.05, 4.69) is 0 Å². The zero-order chi connectivity index (χ0) is 7.28. The lowest BCUT2D eigenvalue weighted by atomic mass is 10.3. The van der Waals surface area contributed by atoms with E-state index in [4.69, 9.17) is 10.8 Å². The molecule has 0 aliphatic carbocycles. The highest BCUT2D eigenvalue weighted by molar-refractivity contribution is 5.79. The molecule has 9 heavy (non-hydrogen) atoms. The van der Waals surface area contributed by atoms with Gasteiger partial charge in [0.1, 0.15) is 6.67 Å². The van der Waals surface area contributed by atoms with Gasteiger partial charge in [-0.1, -0.05) is 6.08 Å². The molecule has 0 aliphatic rings. The van der Waals surface area contributed by atoms with Crippen molar-refractivity contribution in [3.8, 4) is 0 Å². The van der Waals surface area contributed by atoms with Crippen molar-refractivity contribution in [1.29, 1.82) is 0 Å². The van der Waals surface area contributed by atoms with Crippen LogP contribution in [-0.4, -0.2) is 23.8 Å². The highest BCUT2D eigenvalue weighted by atomic mass is 19.1. The van der Waals surface area contributed by atoms with Crippen molar-refractivity contribution >= 4 is 5.97 Å². The number of carboxylic acid groups (broad SMARTS) is 1. The molecule has 4 heteroatoms. The maximum atomic E-state index is 11.5. The van der Waals surface area contributed by atoms with E-state index in [1.54, 1.807) is 0 Å². The van der Waals surface area contributed by atoms with E-state index in [-0.39, 0.29) is 0 Å². The monoisotopic (exact) mass is 133 g/mol. The Balaban J connectivity index is 3.56. The molecule has 0 heterocycles. The van der Waals surface area contributed by atoms with Crippen molar-refractivity contribution in [2.45, 2.75) is 6.04 Å². The topological polar surface area (TPSA) is 63.3 Å². The van der Waals surface area contributed by atoms with Gasteiger partial charge >= 0.3 is 5.97 Å². The Morgan fingerprint density at radius 3 is 2.78 bits per heavy atom. The van der Waals surface area contributed by atoms with E-state index in [9.17, 15) is 9.18 Å². The molecule has 52 valence electrons. The summed E-state index contributed by atoms with van der Waals surface area (Å²) in [4.78, 5) is 9.75. The molecule has 0 bridgehead atoms. The number of aliphatic carboxylic acids is 1. The normalized spacial score (nSPS) is 14.0. The Morgan fingerprint density at radius 1 is 1.89 bits per heavy atom. The molecule has 0 rings (SSSR count). The molecule has 0 amide bonds. The Morgan fingerprint density at radius 2 is 2.44 bits per heavy atom. The van der Waals surface area contributed by atoms with Crippen LogP contribution in [0.3, 0.4) is 0 Å². The first-order chi connectivity index (χ1) is 4.16. The number of carbonyl (C=O) groups is 1. The second kappa shape index (κ2) is 4.03. The van der Waals surface area contributed by atoms with Crippen molar-refractivity contribution in [2.75, 3.05) is 6.67 Å². The molecule has 0 radical (unpaired) electrons. The number of hydrogen-bond acceptors (Lipinski definition) is 2. The molecular weight excluding hydrogens is 125 g/mol. The zero-order valence-electron chi connectivity index (χ0n) is 4.75. The van der Waals surface area contributed by atoms with Gasteiger partial charge in [-0.15, -0.1) is 0 Å². The first-order valence-electron chi connectivity index (χ1n) is 2.39. The molecule has 0 aromatic heterocycles. The van der Waals surface area contributed by atoms with Crippen LogP contribution in [0.4, 0.5) is 4.39 Å². The largest absolute Gasteiger partial charge is 0.478 e. The van der Waals surface area contributed by atoms with Crippen molar-refractivity contribution in [1.82, 2.24) is 0 Å². The molecule has 0 saturated carbocycles. The molecule has 3 nitrogen and oxygen atoms in total. The van der Waals surface area contributed by atoms with Crippen molar-refractivity contribution < 1.29 is 14.3 Å². The molecule has 1 atom stereocenters.